The van der Waals surface area contributed by atoms with Crippen LogP contribution in [0.15, 0.2) is 41.9 Å². The molecule has 0 bridgehead atoms. The highest BCUT2D eigenvalue weighted by Crippen LogP contribution is 2.19. The number of thiazole rings is 1. The Morgan fingerprint density at radius 1 is 1.38 bits per heavy atom. The van der Waals surface area contributed by atoms with Crippen LogP contribution in [0.2, 0.25) is 0 Å². The summed E-state index contributed by atoms with van der Waals surface area (Å²) in [7, 11) is 1.85. The summed E-state index contributed by atoms with van der Waals surface area (Å²) < 4.78 is 1.74. The Bertz CT molecular complexity index is 840. The van der Waals surface area contributed by atoms with Crippen LogP contribution in [0.4, 0.5) is 5.13 Å². The Morgan fingerprint density at radius 3 is 2.79 bits per heavy atom. The third kappa shape index (κ3) is 3.46. The molecule has 7 heteroatoms. The number of aryl methyl sites for hydroxylation is 1. The van der Waals surface area contributed by atoms with Gasteiger partial charge in [0.15, 0.2) is 5.13 Å². The van der Waals surface area contributed by atoms with Crippen LogP contribution < -0.4 is 11.1 Å². The zero-order valence-electron chi connectivity index (χ0n) is 13.6. The lowest BCUT2D eigenvalue weighted by Gasteiger charge is -2.12. The normalized spacial score (nSPS) is 12.1. The van der Waals surface area contributed by atoms with Gasteiger partial charge in [-0.25, -0.2) is 4.98 Å². The molecule has 3 rings (SSSR count). The molecule has 0 aliphatic heterocycles. The molecular formula is C17H19N5OS. The third-order valence-corrected chi connectivity index (χ3v) is 4.54. The molecule has 24 heavy (non-hydrogen) atoms. The van der Waals surface area contributed by atoms with Gasteiger partial charge in [-0.2, -0.15) is 5.10 Å². The van der Waals surface area contributed by atoms with Gasteiger partial charge in [0.25, 0.3) is 5.91 Å². The molecular weight excluding hydrogens is 322 g/mol. The number of carbonyl (C=O) groups is 1. The molecule has 0 fully saturated rings. The van der Waals surface area contributed by atoms with Crippen molar-refractivity contribution in [3.8, 4) is 0 Å². The molecule has 1 amide bonds. The first kappa shape index (κ1) is 16.2. The maximum Gasteiger partial charge on any atom is 0.255 e. The third-order valence-electron chi connectivity index (χ3n) is 3.85. The minimum atomic E-state index is -0.212. The number of nitrogens with zero attached hydrogens (tertiary/aromatic N) is 3. The largest absolute Gasteiger partial charge is 0.375 e. The number of hydrogen-bond donors (Lipinski definition) is 2. The zero-order valence-corrected chi connectivity index (χ0v) is 14.4. The van der Waals surface area contributed by atoms with Crippen LogP contribution in [0.1, 0.15) is 40.3 Å². The molecule has 3 N–H and O–H groups in total. The predicted octanol–water partition coefficient (Wildman–Crippen LogP) is 2.54. The van der Waals surface area contributed by atoms with Crippen LogP contribution in [0, 0.1) is 0 Å². The number of carbonyl (C=O) groups excluding carboxylic acids is 1. The summed E-state index contributed by atoms with van der Waals surface area (Å²) in [6.45, 7) is 1.89. The highest BCUT2D eigenvalue weighted by Gasteiger charge is 2.19. The van der Waals surface area contributed by atoms with Gasteiger partial charge in [-0.3, -0.25) is 9.48 Å². The van der Waals surface area contributed by atoms with E-state index in [0.29, 0.717) is 17.1 Å². The van der Waals surface area contributed by atoms with Gasteiger partial charge in [0.2, 0.25) is 0 Å². The van der Waals surface area contributed by atoms with Gasteiger partial charge in [0.1, 0.15) is 0 Å². The average Bonchev–Trinajstić information content (AvgIpc) is 3.15. The van der Waals surface area contributed by atoms with Crippen molar-refractivity contribution in [1.29, 1.82) is 0 Å². The molecule has 124 valence electrons. The molecule has 2 heterocycles. The van der Waals surface area contributed by atoms with E-state index in [1.807, 2.05) is 49.7 Å². The average molecular weight is 341 g/mol. The van der Waals surface area contributed by atoms with E-state index in [2.05, 4.69) is 15.4 Å². The fourth-order valence-electron chi connectivity index (χ4n) is 2.50. The molecule has 0 aliphatic rings. The van der Waals surface area contributed by atoms with Crippen LogP contribution in [-0.4, -0.2) is 20.7 Å². The SMILES string of the molecule is CC(NC(=O)c1cnn(C)c1Cc1ccccc1)c1csc(N)n1. The molecule has 0 spiro atoms. The van der Waals surface area contributed by atoms with E-state index < -0.39 is 0 Å². The number of amides is 1. The van der Waals surface area contributed by atoms with Gasteiger partial charge < -0.3 is 11.1 Å². The number of nitrogen functional groups attached to an aromatic ring is 1. The monoisotopic (exact) mass is 341 g/mol. The number of nitrogens with one attached hydrogen (secondary N) is 1. The van der Waals surface area contributed by atoms with Gasteiger partial charge >= 0.3 is 0 Å². The molecule has 1 aromatic carbocycles. The molecule has 1 atom stereocenters. The van der Waals surface area contributed by atoms with Gasteiger partial charge in [-0.05, 0) is 12.5 Å². The van der Waals surface area contributed by atoms with Crippen molar-refractivity contribution in [2.24, 2.45) is 7.05 Å². The minimum Gasteiger partial charge on any atom is -0.375 e. The number of rotatable bonds is 5. The van der Waals surface area contributed by atoms with E-state index in [4.69, 9.17) is 5.73 Å². The maximum absolute atomic E-state index is 12.6. The van der Waals surface area contributed by atoms with Crippen molar-refractivity contribution in [3.63, 3.8) is 0 Å². The highest BCUT2D eigenvalue weighted by molar-refractivity contribution is 7.13. The summed E-state index contributed by atoms with van der Waals surface area (Å²) >= 11 is 1.36. The lowest BCUT2D eigenvalue weighted by atomic mass is 10.1. The lowest BCUT2D eigenvalue weighted by Crippen LogP contribution is -2.27. The van der Waals surface area contributed by atoms with E-state index in [1.165, 1.54) is 11.3 Å². The first-order valence-corrected chi connectivity index (χ1v) is 8.49. The Kier molecular flexibility index (Phi) is 4.61. The predicted molar refractivity (Wildman–Crippen MR) is 94.9 cm³/mol. The molecule has 0 radical (unpaired) electrons. The van der Waals surface area contributed by atoms with Crippen molar-refractivity contribution in [2.45, 2.75) is 19.4 Å². The Balaban J connectivity index is 1.78. The van der Waals surface area contributed by atoms with Crippen molar-refractivity contribution in [1.82, 2.24) is 20.1 Å². The summed E-state index contributed by atoms with van der Waals surface area (Å²) in [5, 5.41) is 9.55. The number of hydrogen-bond acceptors (Lipinski definition) is 5. The summed E-state index contributed by atoms with van der Waals surface area (Å²) in [6, 6.07) is 9.81. The van der Waals surface area contributed by atoms with E-state index in [1.54, 1.807) is 10.9 Å². The number of aromatic nitrogens is 3. The number of nitrogens with two attached hydrogens (primary N) is 1. The standard InChI is InChI=1S/C17H19N5OS/c1-11(14-10-24-17(18)21-14)20-16(23)13-9-19-22(2)15(13)8-12-6-4-3-5-7-12/h3-7,9-11H,8H2,1-2H3,(H2,18,21)(H,20,23). The summed E-state index contributed by atoms with van der Waals surface area (Å²) in [4.78, 5) is 16.9. The van der Waals surface area contributed by atoms with Crippen LogP contribution >= 0.6 is 11.3 Å². The second-order valence-corrected chi connectivity index (χ2v) is 6.49. The summed E-state index contributed by atoms with van der Waals surface area (Å²) in [5.41, 5.74) is 9.01. The van der Waals surface area contributed by atoms with Crippen molar-refractivity contribution >= 4 is 22.4 Å². The van der Waals surface area contributed by atoms with E-state index in [0.717, 1.165) is 17.0 Å². The fraction of sp³-hybridized carbons (Fsp3) is 0.235. The van der Waals surface area contributed by atoms with Gasteiger partial charge in [0, 0.05) is 18.8 Å². The number of benzene rings is 1. The number of anilines is 1. The first-order valence-electron chi connectivity index (χ1n) is 7.61. The van der Waals surface area contributed by atoms with Gasteiger partial charge in [-0.15, -0.1) is 11.3 Å². The molecule has 3 aromatic rings. The van der Waals surface area contributed by atoms with E-state index >= 15 is 0 Å². The van der Waals surface area contributed by atoms with Crippen LogP contribution in [0.3, 0.4) is 0 Å². The van der Waals surface area contributed by atoms with Crippen molar-refractivity contribution in [2.75, 3.05) is 5.73 Å². The zero-order chi connectivity index (χ0) is 17.1. The van der Waals surface area contributed by atoms with Crippen LogP contribution in [-0.2, 0) is 13.5 Å². The highest BCUT2D eigenvalue weighted by atomic mass is 32.1. The first-order chi connectivity index (χ1) is 11.5. The topological polar surface area (TPSA) is 85.8 Å². The molecule has 0 saturated heterocycles. The quantitative estimate of drug-likeness (QED) is 0.747. The Labute approximate surface area is 144 Å². The fourth-order valence-corrected chi connectivity index (χ4v) is 3.16. The molecule has 6 nitrogen and oxygen atoms in total. The summed E-state index contributed by atoms with van der Waals surface area (Å²) in [6.07, 6.45) is 2.26. The second-order valence-electron chi connectivity index (χ2n) is 5.60. The van der Waals surface area contributed by atoms with Crippen LogP contribution in [0.5, 0.6) is 0 Å². The van der Waals surface area contributed by atoms with Crippen molar-refractivity contribution < 1.29 is 4.79 Å². The minimum absolute atomic E-state index is 0.159. The second kappa shape index (κ2) is 6.84. The van der Waals surface area contributed by atoms with Gasteiger partial charge in [0.05, 0.1) is 29.2 Å². The van der Waals surface area contributed by atoms with Crippen LogP contribution in [0.25, 0.3) is 0 Å². The van der Waals surface area contributed by atoms with Crippen molar-refractivity contribution in [3.05, 3.63) is 64.4 Å². The lowest BCUT2D eigenvalue weighted by molar-refractivity contribution is 0.0938. The van der Waals surface area contributed by atoms with E-state index in [-0.39, 0.29) is 11.9 Å². The molecule has 0 saturated carbocycles. The van der Waals surface area contributed by atoms with E-state index in [9.17, 15) is 4.79 Å². The summed E-state index contributed by atoms with van der Waals surface area (Å²) in [5.74, 6) is -0.159. The van der Waals surface area contributed by atoms with Gasteiger partial charge in [-0.1, -0.05) is 30.3 Å². The molecule has 0 aliphatic carbocycles. The Hall–Kier alpha value is -2.67. The smallest absolute Gasteiger partial charge is 0.255 e. The molecule has 2 aromatic heterocycles. The maximum atomic E-state index is 12.6. The molecule has 1 unspecified atom stereocenters. The Morgan fingerprint density at radius 2 is 2.12 bits per heavy atom.